The van der Waals surface area contributed by atoms with Crippen molar-refractivity contribution >= 4 is 27.1 Å². The van der Waals surface area contributed by atoms with Crippen molar-refractivity contribution < 1.29 is 0 Å². The average molecular weight is 675 g/mol. The first kappa shape index (κ1) is 30.8. The summed E-state index contributed by atoms with van der Waals surface area (Å²) in [5, 5.41) is 10.4. The lowest BCUT2D eigenvalue weighted by atomic mass is 9.89. The maximum atomic E-state index is 5.54. The van der Waals surface area contributed by atoms with Gasteiger partial charge in [-0.1, -0.05) is 188 Å². The van der Waals surface area contributed by atoms with Crippen molar-refractivity contribution in [3.63, 3.8) is 0 Å². The van der Waals surface area contributed by atoms with Crippen LogP contribution in [0, 0.1) is 0 Å². The Hall–Kier alpha value is -7.03. The van der Waals surface area contributed by atoms with Gasteiger partial charge in [-0.05, 0) is 73.3 Å². The second-order valence-electron chi connectivity index (χ2n) is 13.6. The molecule has 0 N–H and O–H groups in total. The highest BCUT2D eigenvalue weighted by Gasteiger charge is 2.23. The van der Waals surface area contributed by atoms with E-state index in [-0.39, 0.29) is 0 Å². The second kappa shape index (κ2) is 12.9. The summed E-state index contributed by atoms with van der Waals surface area (Å²) >= 11 is 0. The van der Waals surface area contributed by atoms with Crippen molar-refractivity contribution in [3.8, 4) is 67.0 Å². The van der Waals surface area contributed by atoms with Gasteiger partial charge in [-0.3, -0.25) is 0 Å². The van der Waals surface area contributed by atoms with Crippen molar-refractivity contribution in [2.24, 2.45) is 0 Å². The fourth-order valence-corrected chi connectivity index (χ4v) is 7.88. The highest BCUT2D eigenvalue weighted by molar-refractivity contribution is 6.11. The van der Waals surface area contributed by atoms with Gasteiger partial charge in [-0.2, -0.15) is 5.10 Å². The summed E-state index contributed by atoms with van der Waals surface area (Å²) < 4.78 is 2.19. The number of rotatable bonds is 6. The van der Waals surface area contributed by atoms with E-state index in [1.54, 1.807) is 0 Å². The van der Waals surface area contributed by atoms with E-state index in [9.17, 15) is 0 Å². The molecule has 0 spiro atoms. The number of pyridine rings is 1. The van der Waals surface area contributed by atoms with Crippen LogP contribution in [0.25, 0.3) is 94.1 Å². The summed E-state index contributed by atoms with van der Waals surface area (Å²) in [4.78, 5) is 0. The zero-order valence-electron chi connectivity index (χ0n) is 29.0. The molecule has 0 aliphatic heterocycles. The molecule has 8 aromatic carbocycles. The molecule has 0 aliphatic rings. The SMILES string of the molecule is c1ccc(-c2cc3cc(-c4ccccc4)n4nc(-c5ccc(-c6cccc7ccccc67)cc5)c(-c5ccccc5)c4c3cc2-c2ccccc2)cc1. The van der Waals surface area contributed by atoms with Crippen LogP contribution >= 0.6 is 0 Å². The van der Waals surface area contributed by atoms with E-state index in [0.29, 0.717) is 0 Å². The molecule has 0 unspecified atom stereocenters. The van der Waals surface area contributed by atoms with E-state index in [4.69, 9.17) is 5.10 Å². The third-order valence-electron chi connectivity index (χ3n) is 10.4. The predicted molar refractivity (Wildman–Crippen MR) is 223 cm³/mol. The molecule has 248 valence electrons. The molecule has 0 saturated carbocycles. The third-order valence-corrected chi connectivity index (χ3v) is 10.4. The summed E-state index contributed by atoms with van der Waals surface area (Å²) in [7, 11) is 0. The first-order valence-corrected chi connectivity index (χ1v) is 18.1. The number of fused-ring (bicyclic) bond motifs is 4. The molecule has 2 heteroatoms. The minimum atomic E-state index is 0.957. The van der Waals surface area contributed by atoms with E-state index < -0.39 is 0 Å². The molecule has 10 rings (SSSR count). The molecule has 0 saturated heterocycles. The fraction of sp³-hybridized carbons (Fsp3) is 0. The summed E-state index contributed by atoms with van der Waals surface area (Å²) in [5.41, 5.74) is 14.7. The maximum Gasteiger partial charge on any atom is 0.101 e. The quantitative estimate of drug-likeness (QED) is 0.172. The molecule has 2 heterocycles. The molecule has 2 aromatic heterocycles. The van der Waals surface area contributed by atoms with E-state index in [1.165, 1.54) is 49.5 Å². The largest absolute Gasteiger partial charge is 0.231 e. The Morgan fingerprint density at radius 3 is 1.49 bits per heavy atom. The monoisotopic (exact) mass is 674 g/mol. The van der Waals surface area contributed by atoms with Crippen LogP contribution in [-0.4, -0.2) is 9.61 Å². The van der Waals surface area contributed by atoms with Crippen LogP contribution in [-0.2, 0) is 0 Å². The van der Waals surface area contributed by atoms with Crippen molar-refractivity contribution in [1.29, 1.82) is 0 Å². The molecule has 0 atom stereocenters. The van der Waals surface area contributed by atoms with Gasteiger partial charge >= 0.3 is 0 Å². The lowest BCUT2D eigenvalue weighted by Gasteiger charge is -2.16. The molecule has 0 amide bonds. The van der Waals surface area contributed by atoms with Crippen molar-refractivity contribution in [1.82, 2.24) is 9.61 Å². The highest BCUT2D eigenvalue weighted by atomic mass is 15.2. The summed E-state index contributed by atoms with van der Waals surface area (Å²) in [6.45, 7) is 0. The van der Waals surface area contributed by atoms with Crippen LogP contribution < -0.4 is 0 Å². The molecular weight excluding hydrogens is 641 g/mol. The molecule has 53 heavy (non-hydrogen) atoms. The number of hydrogen-bond donors (Lipinski definition) is 0. The smallest absolute Gasteiger partial charge is 0.101 e. The number of nitrogens with zero attached hydrogens (tertiary/aromatic N) is 2. The number of hydrogen-bond acceptors (Lipinski definition) is 1. The van der Waals surface area contributed by atoms with Gasteiger partial charge in [0.2, 0.25) is 0 Å². The Morgan fingerprint density at radius 1 is 0.321 bits per heavy atom. The van der Waals surface area contributed by atoms with Crippen molar-refractivity contribution in [3.05, 3.63) is 206 Å². The fourth-order valence-electron chi connectivity index (χ4n) is 7.88. The Kier molecular flexibility index (Phi) is 7.51. The van der Waals surface area contributed by atoms with Gasteiger partial charge in [0, 0.05) is 22.1 Å². The van der Waals surface area contributed by atoms with Crippen LogP contribution in [0.15, 0.2) is 206 Å². The van der Waals surface area contributed by atoms with Crippen LogP contribution in [0.4, 0.5) is 0 Å². The van der Waals surface area contributed by atoms with Gasteiger partial charge in [-0.25, -0.2) is 4.52 Å². The van der Waals surface area contributed by atoms with Crippen LogP contribution in [0.5, 0.6) is 0 Å². The summed E-state index contributed by atoms with van der Waals surface area (Å²) in [6.07, 6.45) is 0. The minimum absolute atomic E-state index is 0.957. The Balaban J connectivity index is 1.29. The van der Waals surface area contributed by atoms with Gasteiger partial charge in [-0.15, -0.1) is 0 Å². The zero-order chi connectivity index (χ0) is 35.1. The maximum absolute atomic E-state index is 5.54. The zero-order valence-corrected chi connectivity index (χ0v) is 29.0. The lowest BCUT2D eigenvalue weighted by Crippen LogP contribution is -1.97. The third kappa shape index (κ3) is 5.40. The second-order valence-corrected chi connectivity index (χ2v) is 13.6. The van der Waals surface area contributed by atoms with Crippen molar-refractivity contribution in [2.45, 2.75) is 0 Å². The Bertz CT molecular complexity index is 2890. The predicted octanol–water partition coefficient (Wildman–Crippen LogP) is 13.6. The van der Waals surface area contributed by atoms with Crippen molar-refractivity contribution in [2.75, 3.05) is 0 Å². The van der Waals surface area contributed by atoms with E-state index >= 15 is 0 Å². The molecule has 0 aliphatic carbocycles. The highest BCUT2D eigenvalue weighted by Crippen LogP contribution is 2.44. The average Bonchev–Trinajstić information content (AvgIpc) is 3.65. The standard InChI is InChI=1S/C51H34N2/c1-5-16-36(17-6-1)45-32-42-33-48(39-21-9-3-10-22-39)53-51(47(42)34-46(45)37-18-7-2-8-19-37)49(40-23-11-4-12-24-40)50(52-53)41-30-28-38(29-31-41)44-27-15-25-35-20-13-14-26-43(35)44/h1-34H. The number of benzene rings is 8. The molecule has 10 aromatic rings. The molecule has 0 radical (unpaired) electrons. The first-order valence-electron chi connectivity index (χ1n) is 18.1. The van der Waals surface area contributed by atoms with Gasteiger partial charge in [0.25, 0.3) is 0 Å². The van der Waals surface area contributed by atoms with Crippen LogP contribution in [0.1, 0.15) is 0 Å². The van der Waals surface area contributed by atoms with Gasteiger partial charge in [0.05, 0.1) is 11.2 Å². The van der Waals surface area contributed by atoms with Gasteiger partial charge in [0.15, 0.2) is 0 Å². The topological polar surface area (TPSA) is 17.3 Å². The minimum Gasteiger partial charge on any atom is -0.231 e. The van der Waals surface area contributed by atoms with E-state index in [0.717, 1.165) is 44.5 Å². The lowest BCUT2D eigenvalue weighted by molar-refractivity contribution is 0.979. The Labute approximate surface area is 308 Å². The van der Waals surface area contributed by atoms with Crippen LogP contribution in [0.2, 0.25) is 0 Å². The number of aromatic nitrogens is 2. The normalized spacial score (nSPS) is 11.4. The summed E-state index contributed by atoms with van der Waals surface area (Å²) in [5.74, 6) is 0. The van der Waals surface area contributed by atoms with E-state index in [1.807, 2.05) is 0 Å². The van der Waals surface area contributed by atoms with Crippen LogP contribution in [0.3, 0.4) is 0 Å². The molecule has 0 fully saturated rings. The van der Waals surface area contributed by atoms with Gasteiger partial charge in [0.1, 0.15) is 5.69 Å². The first-order chi connectivity index (χ1) is 26.3. The van der Waals surface area contributed by atoms with Gasteiger partial charge < -0.3 is 0 Å². The summed E-state index contributed by atoms with van der Waals surface area (Å²) in [6, 6.07) is 74.0. The molecule has 2 nitrogen and oxygen atoms in total. The molecule has 0 bridgehead atoms. The Morgan fingerprint density at radius 2 is 0.830 bits per heavy atom. The molecular formula is C51H34N2. The van der Waals surface area contributed by atoms with E-state index in [2.05, 4.69) is 211 Å².